The summed E-state index contributed by atoms with van der Waals surface area (Å²) in [4.78, 5) is 17.4. The van der Waals surface area contributed by atoms with Crippen LogP contribution in [0.5, 0.6) is 0 Å². The maximum atomic E-state index is 11.9. The van der Waals surface area contributed by atoms with Gasteiger partial charge in [0.05, 0.1) is 18.1 Å². The quantitative estimate of drug-likeness (QED) is 0.803. The average Bonchev–Trinajstić information content (AvgIpc) is 2.88. The predicted molar refractivity (Wildman–Crippen MR) is 64.2 cm³/mol. The van der Waals surface area contributed by atoms with E-state index in [0.717, 1.165) is 0 Å². The van der Waals surface area contributed by atoms with Gasteiger partial charge < -0.3 is 4.90 Å². The normalized spacial score (nSPS) is 21.9. The summed E-state index contributed by atoms with van der Waals surface area (Å²) >= 11 is 0. The average molecular weight is 272 g/mol. The zero-order valence-corrected chi connectivity index (χ0v) is 11.0. The van der Waals surface area contributed by atoms with Crippen LogP contribution in [0.3, 0.4) is 0 Å². The molecule has 1 aromatic rings. The molecule has 1 aliphatic heterocycles. The number of amides is 1. The first-order valence-electron chi connectivity index (χ1n) is 5.75. The number of carbonyl (C=O) groups excluding carboxylic acids is 1. The van der Waals surface area contributed by atoms with Crippen molar-refractivity contribution in [2.24, 2.45) is 5.92 Å². The lowest BCUT2D eigenvalue weighted by atomic mass is 10.0. The van der Waals surface area contributed by atoms with Gasteiger partial charge in [0.2, 0.25) is 5.91 Å². The van der Waals surface area contributed by atoms with Crippen molar-refractivity contribution in [1.29, 1.82) is 0 Å². The Morgan fingerprint density at radius 1 is 1.61 bits per heavy atom. The van der Waals surface area contributed by atoms with Crippen molar-refractivity contribution in [1.82, 2.24) is 20.1 Å². The Hall–Kier alpha value is -1.44. The maximum Gasteiger partial charge on any atom is 0.223 e. The van der Waals surface area contributed by atoms with E-state index in [1.54, 1.807) is 7.05 Å². The second-order valence-electron chi connectivity index (χ2n) is 4.66. The molecule has 7 nitrogen and oxygen atoms in total. The van der Waals surface area contributed by atoms with Crippen molar-refractivity contribution < 1.29 is 13.2 Å². The first-order valence-corrected chi connectivity index (χ1v) is 7.57. The highest BCUT2D eigenvalue weighted by atomic mass is 32.2. The number of H-pyrrole nitrogens is 1. The van der Waals surface area contributed by atoms with Gasteiger partial charge in [0.15, 0.2) is 9.84 Å². The van der Waals surface area contributed by atoms with Crippen LogP contribution >= 0.6 is 0 Å². The third-order valence-electron chi connectivity index (χ3n) is 3.07. The van der Waals surface area contributed by atoms with Crippen LogP contribution in [0.1, 0.15) is 18.7 Å². The van der Waals surface area contributed by atoms with E-state index in [2.05, 4.69) is 15.2 Å². The molecule has 0 saturated carbocycles. The van der Waals surface area contributed by atoms with Gasteiger partial charge in [-0.25, -0.2) is 13.4 Å². The van der Waals surface area contributed by atoms with Gasteiger partial charge in [-0.2, -0.15) is 5.10 Å². The second kappa shape index (κ2) is 5.05. The van der Waals surface area contributed by atoms with Gasteiger partial charge in [-0.3, -0.25) is 9.89 Å². The minimum atomic E-state index is -2.92. The van der Waals surface area contributed by atoms with E-state index in [1.165, 1.54) is 11.2 Å². The van der Waals surface area contributed by atoms with E-state index in [4.69, 9.17) is 0 Å². The summed E-state index contributed by atoms with van der Waals surface area (Å²) in [5.74, 6) is 0.851. The molecule has 1 N–H and O–H groups in total. The molecule has 2 heterocycles. The maximum absolute atomic E-state index is 11.9. The SMILES string of the molecule is CN(Cc1ncn[nH]1)C(=O)CC1CCS(=O)(=O)C1. The lowest BCUT2D eigenvalue weighted by molar-refractivity contribution is -0.131. The van der Waals surface area contributed by atoms with Gasteiger partial charge in [-0.1, -0.05) is 0 Å². The molecule has 1 fully saturated rings. The Balaban J connectivity index is 1.85. The lowest BCUT2D eigenvalue weighted by Crippen LogP contribution is -2.28. The topological polar surface area (TPSA) is 96.0 Å². The number of sulfone groups is 1. The predicted octanol–water partition coefficient (Wildman–Crippen LogP) is -0.412. The number of nitrogens with one attached hydrogen (secondary N) is 1. The van der Waals surface area contributed by atoms with Crippen molar-refractivity contribution >= 4 is 15.7 Å². The number of rotatable bonds is 4. The van der Waals surface area contributed by atoms with Gasteiger partial charge in [-0.15, -0.1) is 0 Å². The minimum Gasteiger partial charge on any atom is -0.338 e. The Kier molecular flexibility index (Phi) is 3.65. The largest absolute Gasteiger partial charge is 0.338 e. The van der Waals surface area contributed by atoms with Crippen molar-refractivity contribution in [3.63, 3.8) is 0 Å². The second-order valence-corrected chi connectivity index (χ2v) is 6.88. The Morgan fingerprint density at radius 2 is 2.39 bits per heavy atom. The van der Waals surface area contributed by atoms with Gasteiger partial charge in [-0.05, 0) is 12.3 Å². The molecule has 8 heteroatoms. The van der Waals surface area contributed by atoms with Gasteiger partial charge in [0.25, 0.3) is 0 Å². The molecule has 0 aliphatic carbocycles. The van der Waals surface area contributed by atoms with E-state index in [-0.39, 0.29) is 29.8 Å². The van der Waals surface area contributed by atoms with Gasteiger partial charge in [0, 0.05) is 13.5 Å². The number of carbonyl (C=O) groups is 1. The molecule has 0 spiro atoms. The zero-order valence-electron chi connectivity index (χ0n) is 10.2. The molecular formula is C10H16N4O3S. The first-order chi connectivity index (χ1) is 8.46. The van der Waals surface area contributed by atoms with E-state index in [1.807, 2.05) is 0 Å². The van der Waals surface area contributed by atoms with E-state index in [0.29, 0.717) is 18.8 Å². The van der Waals surface area contributed by atoms with Crippen LogP contribution in [0.2, 0.25) is 0 Å². The summed E-state index contributed by atoms with van der Waals surface area (Å²) < 4.78 is 22.6. The van der Waals surface area contributed by atoms with Crippen molar-refractivity contribution in [3.8, 4) is 0 Å². The summed E-state index contributed by atoms with van der Waals surface area (Å²) in [5.41, 5.74) is 0. The third kappa shape index (κ3) is 3.28. The number of aromatic amines is 1. The molecule has 1 aliphatic rings. The summed E-state index contributed by atoms with van der Waals surface area (Å²) in [6.45, 7) is 0.359. The lowest BCUT2D eigenvalue weighted by Gasteiger charge is -2.17. The fraction of sp³-hybridized carbons (Fsp3) is 0.700. The fourth-order valence-corrected chi connectivity index (χ4v) is 3.92. The highest BCUT2D eigenvalue weighted by Gasteiger charge is 2.30. The summed E-state index contributed by atoms with van der Waals surface area (Å²) in [7, 11) is -1.24. The molecule has 1 saturated heterocycles. The Bertz CT molecular complexity index is 511. The molecule has 1 atom stereocenters. The van der Waals surface area contributed by atoms with E-state index in [9.17, 15) is 13.2 Å². The van der Waals surface area contributed by atoms with E-state index >= 15 is 0 Å². The van der Waals surface area contributed by atoms with Crippen LogP contribution in [0.4, 0.5) is 0 Å². The Morgan fingerprint density at radius 3 is 2.94 bits per heavy atom. The summed E-state index contributed by atoms with van der Waals surface area (Å²) in [6.07, 6.45) is 2.26. The molecule has 1 amide bonds. The number of hydrogen-bond donors (Lipinski definition) is 1. The highest BCUT2D eigenvalue weighted by molar-refractivity contribution is 7.91. The highest BCUT2D eigenvalue weighted by Crippen LogP contribution is 2.22. The minimum absolute atomic E-state index is 0.0420. The first kappa shape index (κ1) is 13.0. The van der Waals surface area contributed by atoms with Crippen molar-refractivity contribution in [2.75, 3.05) is 18.6 Å². The fourth-order valence-electron chi connectivity index (χ4n) is 2.06. The molecule has 100 valence electrons. The van der Waals surface area contributed by atoms with Crippen molar-refractivity contribution in [2.45, 2.75) is 19.4 Å². The molecule has 0 radical (unpaired) electrons. The standard InChI is InChI=1S/C10H16N4O3S/c1-14(5-9-11-7-12-13-9)10(15)4-8-2-3-18(16,17)6-8/h7-8H,2-6H2,1H3,(H,11,12,13). The molecule has 18 heavy (non-hydrogen) atoms. The molecule has 2 rings (SSSR count). The molecule has 0 bridgehead atoms. The van der Waals surface area contributed by atoms with Crippen LogP contribution in [0.25, 0.3) is 0 Å². The number of hydrogen-bond acceptors (Lipinski definition) is 5. The van der Waals surface area contributed by atoms with Gasteiger partial charge >= 0.3 is 0 Å². The van der Waals surface area contributed by atoms with E-state index < -0.39 is 9.84 Å². The van der Waals surface area contributed by atoms with Crippen LogP contribution < -0.4 is 0 Å². The van der Waals surface area contributed by atoms with Crippen LogP contribution in [-0.2, 0) is 21.2 Å². The van der Waals surface area contributed by atoms with Gasteiger partial charge in [0.1, 0.15) is 12.2 Å². The summed E-state index contributed by atoms with van der Waals surface area (Å²) in [6, 6.07) is 0. The monoisotopic (exact) mass is 272 g/mol. The van der Waals surface area contributed by atoms with Crippen LogP contribution in [-0.4, -0.2) is 53.0 Å². The number of nitrogens with zero attached hydrogens (tertiary/aromatic N) is 3. The molecule has 1 unspecified atom stereocenters. The molecule has 1 aromatic heterocycles. The summed E-state index contributed by atoms with van der Waals surface area (Å²) in [5, 5.41) is 6.38. The smallest absolute Gasteiger partial charge is 0.223 e. The number of aromatic nitrogens is 3. The van der Waals surface area contributed by atoms with Crippen LogP contribution in [0.15, 0.2) is 6.33 Å². The van der Waals surface area contributed by atoms with Crippen LogP contribution in [0, 0.1) is 5.92 Å². The van der Waals surface area contributed by atoms with Crippen molar-refractivity contribution in [3.05, 3.63) is 12.2 Å². The zero-order chi connectivity index (χ0) is 13.2. The molecular weight excluding hydrogens is 256 g/mol. The third-order valence-corrected chi connectivity index (χ3v) is 4.90. The Labute approximate surface area is 106 Å². The molecule has 0 aromatic carbocycles.